The molecule has 1 aromatic carbocycles. The molecule has 5 heteroatoms. The lowest BCUT2D eigenvalue weighted by Crippen LogP contribution is -2.67. The Labute approximate surface area is 256 Å². The smallest absolute Gasteiger partial charge is 0.297 e. The van der Waals surface area contributed by atoms with Gasteiger partial charge in [0.25, 0.3) is 10.1 Å². The predicted octanol–water partition coefficient (Wildman–Crippen LogP) is 8.96. The highest BCUT2D eigenvalue weighted by Crippen LogP contribution is 2.78. The molecule has 0 N–H and O–H groups in total. The maximum Gasteiger partial charge on any atom is 0.297 e. The molecule has 234 valence electrons. The van der Waals surface area contributed by atoms with Crippen molar-refractivity contribution >= 4 is 10.1 Å². The molecule has 42 heavy (non-hydrogen) atoms. The first kappa shape index (κ1) is 29.8. The highest BCUT2D eigenvalue weighted by atomic mass is 32.2. The number of rotatable bonds is 3. The molecule has 1 heterocycles. The van der Waals surface area contributed by atoms with Gasteiger partial charge in [0.05, 0.1) is 23.7 Å². The third-order valence-corrected chi connectivity index (χ3v) is 17.0. The molecule has 1 aliphatic heterocycles. The molecule has 5 aliphatic carbocycles. The molecule has 1 saturated heterocycles. The average molecular weight is 597 g/mol. The Morgan fingerprint density at radius 3 is 2.17 bits per heavy atom. The van der Waals surface area contributed by atoms with Gasteiger partial charge in [-0.05, 0) is 139 Å². The van der Waals surface area contributed by atoms with Crippen molar-refractivity contribution in [3.05, 3.63) is 29.8 Å². The second kappa shape index (κ2) is 9.09. The lowest BCUT2D eigenvalue weighted by molar-refractivity contribution is -0.250. The normalized spacial score (nSPS) is 48.9. The molecule has 7 unspecified atom stereocenters. The fourth-order valence-electron chi connectivity index (χ4n) is 13.0. The van der Waals surface area contributed by atoms with Gasteiger partial charge >= 0.3 is 0 Å². The van der Waals surface area contributed by atoms with Gasteiger partial charge in [-0.1, -0.05) is 66.2 Å². The van der Waals surface area contributed by atoms with Crippen LogP contribution in [0.1, 0.15) is 118 Å². The van der Waals surface area contributed by atoms with E-state index >= 15 is 0 Å². The molecule has 6 aliphatic rings. The lowest BCUT2D eigenvalue weighted by atomic mass is 9.31. The molecule has 0 amide bonds. The molecule has 6 fully saturated rings. The minimum Gasteiger partial charge on any atom is -0.377 e. The van der Waals surface area contributed by atoms with Gasteiger partial charge in [-0.15, -0.1) is 0 Å². The van der Waals surface area contributed by atoms with Crippen molar-refractivity contribution in [3.63, 3.8) is 0 Å². The van der Waals surface area contributed by atoms with Crippen molar-refractivity contribution in [3.8, 4) is 0 Å². The van der Waals surface area contributed by atoms with Gasteiger partial charge < -0.3 is 4.74 Å². The molecule has 1 aromatic rings. The quantitative estimate of drug-likeness (QED) is 0.327. The molecular weight excluding hydrogens is 540 g/mol. The molecule has 4 nitrogen and oxygen atoms in total. The molecule has 0 radical (unpaired) electrons. The second-order valence-electron chi connectivity index (χ2n) is 18.0. The molecule has 0 spiro atoms. The van der Waals surface area contributed by atoms with Crippen molar-refractivity contribution in [2.75, 3.05) is 6.61 Å². The van der Waals surface area contributed by atoms with Crippen LogP contribution < -0.4 is 0 Å². The Bertz CT molecular complexity index is 1350. The SMILES string of the molecule is Cc1ccc(S(=O)(=O)OC2CC[C@@]3(C)C(CC[C@]4(C)C3CCC3C5C6OCC5(CCC6(C)C)CC[C@]34C)C2(C)C)cc1. The predicted molar refractivity (Wildman–Crippen MR) is 167 cm³/mol. The van der Waals surface area contributed by atoms with E-state index in [9.17, 15) is 8.42 Å². The van der Waals surface area contributed by atoms with Crippen molar-refractivity contribution in [1.82, 2.24) is 0 Å². The first-order valence-electron chi connectivity index (χ1n) is 17.1. The minimum atomic E-state index is -3.80. The van der Waals surface area contributed by atoms with Crippen molar-refractivity contribution in [2.45, 2.75) is 137 Å². The Hall–Kier alpha value is -0.910. The first-order valence-corrected chi connectivity index (χ1v) is 18.5. The third-order valence-electron chi connectivity index (χ3n) is 15.6. The van der Waals surface area contributed by atoms with Crippen molar-refractivity contribution < 1.29 is 17.3 Å². The minimum absolute atomic E-state index is 0.203. The van der Waals surface area contributed by atoms with E-state index in [1.807, 2.05) is 19.1 Å². The van der Waals surface area contributed by atoms with E-state index in [1.165, 1.54) is 51.4 Å². The average Bonchev–Trinajstić information content (AvgIpc) is 3.25. The largest absolute Gasteiger partial charge is 0.377 e. The summed E-state index contributed by atoms with van der Waals surface area (Å²) in [7, 11) is -3.80. The Kier molecular flexibility index (Phi) is 6.45. The molecule has 0 aromatic heterocycles. The van der Waals surface area contributed by atoms with Gasteiger partial charge in [0, 0.05) is 0 Å². The molecule has 5 saturated carbocycles. The number of aryl methyl sites for hydroxylation is 1. The summed E-state index contributed by atoms with van der Waals surface area (Å²) in [5.74, 6) is 2.60. The zero-order valence-electron chi connectivity index (χ0n) is 27.6. The standard InChI is InChI=1S/C37H56O4S/c1-24-9-11-25(12-10-24)42(38,39)41-29-16-17-34(6)27(33(29,4)5)15-18-36(8)28(34)14-13-26-30-31-32(2,3)19-21-37(30,23-40-31)22-20-35(26,36)7/h9-12,26-31H,13-23H2,1-8H3/t26?,27?,28?,29?,30?,31?,34-,35+,36+,37?/m0/s1. The van der Waals surface area contributed by atoms with Gasteiger partial charge in [-0.3, -0.25) is 4.18 Å². The Balaban J connectivity index is 1.17. The van der Waals surface area contributed by atoms with E-state index in [0.29, 0.717) is 34.2 Å². The fourth-order valence-corrected chi connectivity index (χ4v) is 14.3. The van der Waals surface area contributed by atoms with Crippen molar-refractivity contribution in [2.24, 2.45) is 56.2 Å². The highest BCUT2D eigenvalue weighted by Gasteiger charge is 2.73. The monoisotopic (exact) mass is 596 g/mol. The summed E-state index contributed by atoms with van der Waals surface area (Å²) in [6.07, 6.45) is 12.4. The topological polar surface area (TPSA) is 52.6 Å². The summed E-state index contributed by atoms with van der Waals surface area (Å²) in [4.78, 5) is 0.276. The van der Waals surface area contributed by atoms with Crippen LogP contribution in [-0.2, 0) is 19.0 Å². The highest BCUT2D eigenvalue weighted by molar-refractivity contribution is 7.86. The number of fused-ring (bicyclic) bond motifs is 5. The number of ether oxygens (including phenoxy) is 1. The summed E-state index contributed by atoms with van der Waals surface area (Å²) in [6, 6.07) is 7.10. The summed E-state index contributed by atoms with van der Waals surface area (Å²) in [6.45, 7) is 20.5. The van der Waals surface area contributed by atoms with Crippen LogP contribution in [0.5, 0.6) is 0 Å². The summed E-state index contributed by atoms with van der Waals surface area (Å²) in [5, 5.41) is 0. The maximum absolute atomic E-state index is 13.4. The van der Waals surface area contributed by atoms with Gasteiger partial charge in [0.1, 0.15) is 0 Å². The summed E-state index contributed by atoms with van der Waals surface area (Å²) >= 11 is 0. The van der Waals surface area contributed by atoms with E-state index in [1.54, 1.807) is 12.1 Å². The second-order valence-corrected chi connectivity index (χ2v) is 19.6. The van der Waals surface area contributed by atoms with Crippen LogP contribution in [0, 0.1) is 63.1 Å². The van der Waals surface area contributed by atoms with Crippen LogP contribution in [0.25, 0.3) is 0 Å². The molecule has 2 bridgehead atoms. The van der Waals surface area contributed by atoms with Gasteiger partial charge in [0.2, 0.25) is 0 Å². The van der Waals surface area contributed by atoms with E-state index in [4.69, 9.17) is 8.92 Å². The van der Waals surface area contributed by atoms with Gasteiger partial charge in [-0.2, -0.15) is 8.42 Å². The zero-order valence-corrected chi connectivity index (χ0v) is 28.4. The third kappa shape index (κ3) is 3.80. The molecule has 10 atom stereocenters. The summed E-state index contributed by atoms with van der Waals surface area (Å²) in [5.41, 5.74) is 2.40. The fraction of sp³-hybridized carbons (Fsp3) is 0.838. The van der Waals surface area contributed by atoms with Crippen LogP contribution in [0.4, 0.5) is 0 Å². The zero-order chi connectivity index (χ0) is 30.1. The number of benzene rings is 1. The van der Waals surface area contributed by atoms with Crippen LogP contribution in [0.3, 0.4) is 0 Å². The van der Waals surface area contributed by atoms with Crippen LogP contribution >= 0.6 is 0 Å². The van der Waals surface area contributed by atoms with Crippen molar-refractivity contribution in [1.29, 1.82) is 0 Å². The lowest BCUT2D eigenvalue weighted by Gasteiger charge is -2.73. The molecule has 7 rings (SSSR count). The summed E-state index contributed by atoms with van der Waals surface area (Å²) < 4.78 is 39.7. The molecular formula is C37H56O4S. The number of hydrogen-bond donors (Lipinski definition) is 0. The van der Waals surface area contributed by atoms with E-state index in [-0.39, 0.29) is 27.2 Å². The van der Waals surface area contributed by atoms with Crippen LogP contribution in [-0.4, -0.2) is 27.2 Å². The maximum atomic E-state index is 13.4. The van der Waals surface area contributed by atoms with Gasteiger partial charge in [0.15, 0.2) is 0 Å². The van der Waals surface area contributed by atoms with Gasteiger partial charge in [-0.25, -0.2) is 0 Å². The van der Waals surface area contributed by atoms with Crippen LogP contribution in [0.15, 0.2) is 29.2 Å². The Morgan fingerprint density at radius 1 is 0.762 bits per heavy atom. The van der Waals surface area contributed by atoms with Crippen LogP contribution in [0.2, 0.25) is 0 Å². The first-order chi connectivity index (χ1) is 19.5. The number of hydrogen-bond acceptors (Lipinski definition) is 4. The van der Waals surface area contributed by atoms with E-state index < -0.39 is 10.1 Å². The van der Waals surface area contributed by atoms with E-state index in [0.717, 1.165) is 36.8 Å². The Morgan fingerprint density at radius 2 is 1.45 bits per heavy atom. The van der Waals surface area contributed by atoms with E-state index in [2.05, 4.69) is 48.5 Å².